The molecule has 1 saturated carbocycles. The summed E-state index contributed by atoms with van der Waals surface area (Å²) in [5, 5.41) is 3.33. The highest BCUT2D eigenvalue weighted by atomic mass is 15.2. The lowest BCUT2D eigenvalue weighted by Crippen LogP contribution is -2.20. The van der Waals surface area contributed by atoms with E-state index in [2.05, 4.69) is 25.3 Å². The number of anilines is 3. The Hall–Kier alpha value is -2.31. The summed E-state index contributed by atoms with van der Waals surface area (Å²) < 4.78 is 0. The van der Waals surface area contributed by atoms with Crippen molar-refractivity contribution in [3.05, 3.63) is 24.3 Å². The van der Waals surface area contributed by atoms with E-state index in [0.29, 0.717) is 12.6 Å². The Bertz CT molecular complexity index is 547. The first-order valence-electron chi connectivity index (χ1n) is 6.31. The summed E-state index contributed by atoms with van der Waals surface area (Å²) in [7, 11) is 1.95. The maximum Gasteiger partial charge on any atom is 0.223 e. The lowest BCUT2D eigenvalue weighted by Gasteiger charge is -2.18. The molecule has 1 aliphatic rings. The van der Waals surface area contributed by atoms with Crippen LogP contribution in [0.25, 0.3) is 0 Å². The third-order valence-corrected chi connectivity index (χ3v) is 2.99. The molecule has 0 saturated heterocycles. The van der Waals surface area contributed by atoms with E-state index in [-0.39, 0.29) is 5.95 Å². The predicted octanol–water partition coefficient (Wildman–Crippen LogP) is 0.993. The van der Waals surface area contributed by atoms with Crippen molar-refractivity contribution in [1.29, 1.82) is 0 Å². The first-order valence-corrected chi connectivity index (χ1v) is 6.31. The van der Waals surface area contributed by atoms with Gasteiger partial charge in [-0.25, -0.2) is 4.98 Å². The molecule has 1 aliphatic carbocycles. The minimum Gasteiger partial charge on any atom is -0.368 e. The molecule has 2 aromatic rings. The van der Waals surface area contributed by atoms with Gasteiger partial charge in [0.05, 0.1) is 6.54 Å². The second-order valence-electron chi connectivity index (χ2n) is 4.78. The third-order valence-electron chi connectivity index (χ3n) is 2.99. The lowest BCUT2D eigenvalue weighted by molar-refractivity contribution is 0.841. The minimum absolute atomic E-state index is 0.284. The van der Waals surface area contributed by atoms with E-state index in [4.69, 9.17) is 5.73 Å². The maximum absolute atomic E-state index is 5.75. The van der Waals surface area contributed by atoms with Crippen molar-refractivity contribution in [2.45, 2.75) is 25.4 Å². The molecule has 2 aromatic heterocycles. The molecule has 0 atom stereocenters. The Labute approximate surface area is 111 Å². The molecule has 19 heavy (non-hydrogen) atoms. The average molecular weight is 259 g/mol. The molecule has 0 spiro atoms. The first-order chi connectivity index (χ1) is 9.20. The number of hydrogen-bond donors (Lipinski definition) is 3. The van der Waals surface area contributed by atoms with Gasteiger partial charge in [0.25, 0.3) is 0 Å². The Kier molecular flexibility index (Phi) is 2.94. The average Bonchev–Trinajstić information content (AvgIpc) is 3.03. The van der Waals surface area contributed by atoms with Gasteiger partial charge in [0.1, 0.15) is 17.5 Å². The second-order valence-corrected chi connectivity index (χ2v) is 4.78. The smallest absolute Gasteiger partial charge is 0.223 e. The molecule has 4 N–H and O–H groups in total. The van der Waals surface area contributed by atoms with Crippen molar-refractivity contribution >= 4 is 17.6 Å². The fourth-order valence-electron chi connectivity index (χ4n) is 1.85. The number of aromatic amines is 1. The van der Waals surface area contributed by atoms with Gasteiger partial charge in [-0.05, 0) is 12.8 Å². The zero-order chi connectivity index (χ0) is 13.2. The standard InChI is InChI=1S/C12H17N7/c1-19(7-10-14-4-5-15-10)11-6-9(16-8-2-3-8)17-12(13)18-11/h4-6,8H,2-3,7H2,1H3,(H,14,15)(H3,13,16,17,18). The van der Waals surface area contributed by atoms with Gasteiger partial charge in [-0.15, -0.1) is 0 Å². The van der Waals surface area contributed by atoms with Crippen LogP contribution in [0, 0.1) is 0 Å². The summed E-state index contributed by atoms with van der Waals surface area (Å²) in [6, 6.07) is 2.45. The molecule has 0 aromatic carbocycles. The van der Waals surface area contributed by atoms with Crippen LogP contribution in [0.1, 0.15) is 18.7 Å². The van der Waals surface area contributed by atoms with Crippen LogP contribution in [0.3, 0.4) is 0 Å². The van der Waals surface area contributed by atoms with Crippen molar-refractivity contribution in [2.75, 3.05) is 23.0 Å². The molecule has 0 amide bonds. The van der Waals surface area contributed by atoms with Crippen LogP contribution < -0.4 is 16.0 Å². The topological polar surface area (TPSA) is 95.8 Å². The fourth-order valence-corrected chi connectivity index (χ4v) is 1.85. The van der Waals surface area contributed by atoms with Crippen LogP contribution in [-0.2, 0) is 6.54 Å². The van der Waals surface area contributed by atoms with Gasteiger partial charge < -0.3 is 20.9 Å². The summed E-state index contributed by atoms with van der Waals surface area (Å²) in [6.07, 6.45) is 5.93. The van der Waals surface area contributed by atoms with E-state index in [1.165, 1.54) is 12.8 Å². The van der Waals surface area contributed by atoms with Crippen LogP contribution in [0.15, 0.2) is 18.5 Å². The van der Waals surface area contributed by atoms with Gasteiger partial charge in [0.15, 0.2) is 0 Å². The molecule has 7 heteroatoms. The van der Waals surface area contributed by atoms with Crippen LogP contribution in [0.2, 0.25) is 0 Å². The summed E-state index contributed by atoms with van der Waals surface area (Å²) in [5.74, 6) is 2.74. The summed E-state index contributed by atoms with van der Waals surface area (Å²) >= 11 is 0. The quantitative estimate of drug-likeness (QED) is 0.741. The molecule has 100 valence electrons. The van der Waals surface area contributed by atoms with Crippen LogP contribution in [0.4, 0.5) is 17.6 Å². The van der Waals surface area contributed by atoms with Crippen LogP contribution in [-0.4, -0.2) is 33.0 Å². The van der Waals surface area contributed by atoms with E-state index in [1.807, 2.05) is 18.0 Å². The fraction of sp³-hybridized carbons (Fsp3) is 0.417. The number of hydrogen-bond acceptors (Lipinski definition) is 6. The summed E-state index contributed by atoms with van der Waals surface area (Å²) in [6.45, 7) is 0.645. The zero-order valence-electron chi connectivity index (χ0n) is 10.8. The van der Waals surface area contributed by atoms with Crippen molar-refractivity contribution in [2.24, 2.45) is 0 Å². The maximum atomic E-state index is 5.75. The first kappa shape index (κ1) is 11.8. The zero-order valence-corrected chi connectivity index (χ0v) is 10.8. The van der Waals surface area contributed by atoms with E-state index in [1.54, 1.807) is 12.4 Å². The predicted molar refractivity (Wildman–Crippen MR) is 73.8 cm³/mol. The Morgan fingerprint density at radius 2 is 2.32 bits per heavy atom. The normalized spacial score (nSPS) is 14.4. The molecule has 0 radical (unpaired) electrons. The monoisotopic (exact) mass is 259 g/mol. The van der Waals surface area contributed by atoms with Crippen molar-refractivity contribution in [3.8, 4) is 0 Å². The number of aromatic nitrogens is 4. The Morgan fingerprint density at radius 3 is 3.00 bits per heavy atom. The van der Waals surface area contributed by atoms with E-state index in [0.717, 1.165) is 17.5 Å². The van der Waals surface area contributed by atoms with Gasteiger partial charge in [0, 0.05) is 31.5 Å². The van der Waals surface area contributed by atoms with E-state index < -0.39 is 0 Å². The molecule has 3 rings (SSSR count). The summed E-state index contributed by atoms with van der Waals surface area (Å²) in [5.41, 5.74) is 5.75. The molecule has 0 aliphatic heterocycles. The third kappa shape index (κ3) is 2.93. The molecular weight excluding hydrogens is 242 g/mol. The number of nitrogens with one attached hydrogen (secondary N) is 2. The highest BCUT2D eigenvalue weighted by Crippen LogP contribution is 2.25. The van der Waals surface area contributed by atoms with Crippen molar-refractivity contribution < 1.29 is 0 Å². The molecule has 0 unspecified atom stereocenters. The second kappa shape index (κ2) is 4.75. The molecule has 7 nitrogen and oxygen atoms in total. The van der Waals surface area contributed by atoms with Crippen LogP contribution >= 0.6 is 0 Å². The molecule has 2 heterocycles. The Balaban J connectivity index is 1.76. The summed E-state index contributed by atoms with van der Waals surface area (Å²) in [4.78, 5) is 17.7. The largest absolute Gasteiger partial charge is 0.368 e. The van der Waals surface area contributed by atoms with E-state index in [9.17, 15) is 0 Å². The SMILES string of the molecule is CN(Cc1ncc[nH]1)c1cc(NC2CC2)nc(N)n1. The number of nitrogen functional groups attached to an aromatic ring is 1. The highest BCUT2D eigenvalue weighted by molar-refractivity contribution is 5.53. The van der Waals surface area contributed by atoms with Gasteiger partial charge in [-0.2, -0.15) is 9.97 Å². The van der Waals surface area contributed by atoms with Gasteiger partial charge >= 0.3 is 0 Å². The number of rotatable bonds is 5. The van der Waals surface area contributed by atoms with Crippen molar-refractivity contribution in [1.82, 2.24) is 19.9 Å². The number of nitrogens with zero attached hydrogens (tertiary/aromatic N) is 4. The number of H-pyrrole nitrogens is 1. The van der Waals surface area contributed by atoms with Gasteiger partial charge in [-0.3, -0.25) is 0 Å². The van der Waals surface area contributed by atoms with Crippen LogP contribution in [0.5, 0.6) is 0 Å². The number of nitrogens with two attached hydrogens (primary N) is 1. The lowest BCUT2D eigenvalue weighted by atomic mass is 10.4. The highest BCUT2D eigenvalue weighted by Gasteiger charge is 2.22. The van der Waals surface area contributed by atoms with E-state index >= 15 is 0 Å². The number of imidazole rings is 1. The van der Waals surface area contributed by atoms with Gasteiger partial charge in [-0.1, -0.05) is 0 Å². The molecule has 1 fully saturated rings. The van der Waals surface area contributed by atoms with Crippen molar-refractivity contribution in [3.63, 3.8) is 0 Å². The van der Waals surface area contributed by atoms with Gasteiger partial charge in [0.2, 0.25) is 5.95 Å². The molecule has 0 bridgehead atoms. The Morgan fingerprint density at radius 1 is 1.47 bits per heavy atom. The minimum atomic E-state index is 0.284. The molecular formula is C12H17N7.